The summed E-state index contributed by atoms with van der Waals surface area (Å²) >= 11 is 0. The first kappa shape index (κ1) is 19.2. The van der Waals surface area contributed by atoms with Gasteiger partial charge < -0.3 is 5.11 Å². The molecule has 27 heavy (non-hydrogen) atoms. The van der Waals surface area contributed by atoms with Crippen LogP contribution in [0.25, 0.3) is 10.8 Å². The number of aryl methyl sites for hydroxylation is 1. The Hall–Kier alpha value is -2.59. The van der Waals surface area contributed by atoms with Gasteiger partial charge in [-0.15, -0.1) is 4.89 Å². The molecule has 6 heteroatoms. The fraction of sp³-hybridized carbons (Fsp3) is 0.190. The highest BCUT2D eigenvalue weighted by Gasteiger charge is 2.38. The predicted molar refractivity (Wildman–Crippen MR) is 106 cm³/mol. The summed E-state index contributed by atoms with van der Waals surface area (Å²) in [5.41, 5.74) is 1.81. The van der Waals surface area contributed by atoms with E-state index in [1.165, 1.54) is 0 Å². The molecule has 0 radical (unpaired) electrons. The quantitative estimate of drug-likeness (QED) is 0.566. The molecule has 0 heterocycles. The van der Waals surface area contributed by atoms with Gasteiger partial charge in [-0.1, -0.05) is 72.8 Å². The van der Waals surface area contributed by atoms with Gasteiger partial charge in [-0.05, 0) is 44.0 Å². The maximum Gasteiger partial charge on any atom is 0.614 e. The summed E-state index contributed by atoms with van der Waals surface area (Å²) in [6, 6.07) is 22.1. The van der Waals surface area contributed by atoms with Crippen LogP contribution in [-0.4, -0.2) is 26.7 Å². The number of rotatable bonds is 8. The summed E-state index contributed by atoms with van der Waals surface area (Å²) in [6.45, 7) is 0.112. The zero-order chi connectivity index (χ0) is 19.2. The van der Waals surface area contributed by atoms with Crippen LogP contribution in [0.4, 0.5) is 0 Å². The molecule has 0 aliphatic rings. The van der Waals surface area contributed by atoms with Gasteiger partial charge in [0.1, 0.15) is 0 Å². The van der Waals surface area contributed by atoms with E-state index in [9.17, 15) is 19.4 Å². The number of carboxylic acid groups (broad SMARTS) is 1. The van der Waals surface area contributed by atoms with Crippen molar-refractivity contribution in [3.8, 4) is 0 Å². The fourth-order valence-corrected chi connectivity index (χ4v) is 3.90. The molecule has 0 spiro atoms. The van der Waals surface area contributed by atoms with Crippen LogP contribution in [0.5, 0.6) is 0 Å². The third-order valence-electron chi connectivity index (χ3n) is 4.57. The van der Waals surface area contributed by atoms with E-state index in [0.717, 1.165) is 26.6 Å². The Morgan fingerprint density at radius 1 is 0.926 bits per heavy atom. The number of carboxylic acids is 1. The normalized spacial score (nSPS) is 12.9. The predicted octanol–water partition coefficient (Wildman–Crippen LogP) is 4.38. The van der Waals surface area contributed by atoms with Crippen LogP contribution in [0, 0.1) is 0 Å². The van der Waals surface area contributed by atoms with E-state index < -0.39 is 20.2 Å². The first-order chi connectivity index (χ1) is 13.0. The molecule has 0 saturated carbocycles. The molecule has 2 N–H and O–H groups in total. The van der Waals surface area contributed by atoms with Gasteiger partial charge in [0.15, 0.2) is 6.04 Å². The molecule has 3 aromatic carbocycles. The molecule has 3 aromatic rings. The highest BCUT2D eigenvalue weighted by atomic mass is 31.1. The number of hydrogen-bond acceptors (Lipinski definition) is 2. The van der Waals surface area contributed by atoms with Gasteiger partial charge in [-0.25, -0.2) is 0 Å². The Labute approximate surface area is 158 Å². The number of nitrogens with zero attached hydrogens (tertiary/aromatic N) is 1. The maximum atomic E-state index is 11.8. The van der Waals surface area contributed by atoms with Crippen molar-refractivity contribution in [2.45, 2.75) is 25.4 Å². The van der Waals surface area contributed by atoms with Crippen LogP contribution in [0.3, 0.4) is 0 Å². The van der Waals surface area contributed by atoms with Crippen molar-refractivity contribution in [3.63, 3.8) is 0 Å². The van der Waals surface area contributed by atoms with E-state index in [1.54, 1.807) is 0 Å². The second kappa shape index (κ2) is 8.87. The van der Waals surface area contributed by atoms with Crippen LogP contribution in [0.1, 0.15) is 17.5 Å². The fourth-order valence-electron chi connectivity index (χ4n) is 3.16. The van der Waals surface area contributed by atoms with Gasteiger partial charge in [0.2, 0.25) is 0 Å². The van der Waals surface area contributed by atoms with Gasteiger partial charge in [0, 0.05) is 0 Å². The Morgan fingerprint density at radius 3 is 2.26 bits per heavy atom. The highest BCUT2D eigenvalue weighted by Crippen LogP contribution is 2.30. The standard InChI is InChI=1S/C21H20NO4P/c23-21(24)20(22(27(25)26)15-17-6-2-1-3-7-17)13-11-16-10-12-18-8-4-5-9-19(18)14-16/h1-10,12,14,20H,11,13,15H2,(H-,23,24,25,26)/p+1. The van der Waals surface area contributed by atoms with Crippen molar-refractivity contribution in [3.05, 3.63) is 83.9 Å². The second-order valence-corrected chi connectivity index (χ2v) is 7.43. The van der Waals surface area contributed by atoms with E-state index in [0.29, 0.717) is 6.42 Å². The minimum Gasteiger partial charge on any atom is -0.480 e. The van der Waals surface area contributed by atoms with Gasteiger partial charge in [0.05, 0.1) is 6.54 Å². The molecule has 0 amide bonds. The first-order valence-corrected chi connectivity index (χ1v) is 9.88. The van der Waals surface area contributed by atoms with Crippen molar-refractivity contribution in [1.29, 1.82) is 0 Å². The number of benzene rings is 3. The Morgan fingerprint density at radius 2 is 1.59 bits per heavy atom. The van der Waals surface area contributed by atoms with E-state index >= 15 is 0 Å². The second-order valence-electron chi connectivity index (χ2n) is 6.41. The zero-order valence-electron chi connectivity index (χ0n) is 14.7. The monoisotopic (exact) mass is 382 g/mol. The summed E-state index contributed by atoms with van der Waals surface area (Å²) in [4.78, 5) is 21.5. The van der Waals surface area contributed by atoms with E-state index in [1.807, 2.05) is 72.8 Å². The molecule has 2 atom stereocenters. The molecule has 2 unspecified atom stereocenters. The molecule has 0 aromatic heterocycles. The maximum absolute atomic E-state index is 11.8. The molecule has 0 aliphatic carbocycles. The summed E-state index contributed by atoms with van der Waals surface area (Å²) in [5.74, 6) is -1.09. The smallest absolute Gasteiger partial charge is 0.480 e. The number of hydrogen-bond donors (Lipinski definition) is 2. The lowest BCUT2D eigenvalue weighted by Gasteiger charge is -2.17. The molecule has 0 saturated heterocycles. The Kier molecular flexibility index (Phi) is 6.30. The molecular weight excluding hydrogens is 361 g/mol. The van der Waals surface area contributed by atoms with E-state index in [-0.39, 0.29) is 13.0 Å². The van der Waals surface area contributed by atoms with Crippen LogP contribution < -0.4 is 0 Å². The lowest BCUT2D eigenvalue weighted by atomic mass is 10.0. The lowest BCUT2D eigenvalue weighted by Crippen LogP contribution is -2.36. The van der Waals surface area contributed by atoms with Gasteiger partial charge >= 0.3 is 14.1 Å². The van der Waals surface area contributed by atoms with E-state index in [4.69, 9.17) is 0 Å². The van der Waals surface area contributed by atoms with Crippen molar-refractivity contribution in [1.82, 2.24) is 4.67 Å². The lowest BCUT2D eigenvalue weighted by molar-refractivity contribution is -0.142. The minimum atomic E-state index is -2.77. The van der Waals surface area contributed by atoms with Crippen LogP contribution in [-0.2, 0) is 22.3 Å². The largest absolute Gasteiger partial charge is 0.614 e. The summed E-state index contributed by atoms with van der Waals surface area (Å²) < 4.78 is 13.0. The van der Waals surface area contributed by atoms with Crippen molar-refractivity contribution >= 4 is 24.9 Å². The van der Waals surface area contributed by atoms with Crippen LogP contribution >= 0.6 is 8.18 Å². The Balaban J connectivity index is 1.76. The summed E-state index contributed by atoms with van der Waals surface area (Å²) in [5, 5.41) is 11.9. The molecule has 0 aliphatic heterocycles. The average Bonchev–Trinajstić information content (AvgIpc) is 2.67. The van der Waals surface area contributed by atoms with Gasteiger partial charge in [0.25, 0.3) is 0 Å². The van der Waals surface area contributed by atoms with Crippen molar-refractivity contribution in [2.24, 2.45) is 0 Å². The first-order valence-electron chi connectivity index (χ1n) is 8.71. The molecule has 0 bridgehead atoms. The molecule has 3 rings (SSSR count). The Bertz CT molecular complexity index is 945. The van der Waals surface area contributed by atoms with E-state index in [2.05, 4.69) is 0 Å². The summed E-state index contributed by atoms with van der Waals surface area (Å²) in [7, 11) is -2.77. The molecule has 5 nitrogen and oxygen atoms in total. The topological polar surface area (TPSA) is 77.8 Å². The van der Waals surface area contributed by atoms with Crippen LogP contribution in [0.15, 0.2) is 72.8 Å². The highest BCUT2D eigenvalue weighted by molar-refractivity contribution is 7.35. The van der Waals surface area contributed by atoms with Crippen molar-refractivity contribution in [2.75, 3.05) is 0 Å². The zero-order valence-corrected chi connectivity index (χ0v) is 15.6. The van der Waals surface area contributed by atoms with Crippen LogP contribution in [0.2, 0.25) is 0 Å². The molecular formula is C21H21NO4P+. The average molecular weight is 382 g/mol. The third kappa shape index (κ3) is 4.98. The van der Waals surface area contributed by atoms with Gasteiger partial charge in [-0.2, -0.15) is 0 Å². The number of fused-ring (bicyclic) bond motifs is 1. The number of carbonyl (C=O) groups is 1. The number of aliphatic carboxylic acids is 1. The third-order valence-corrected chi connectivity index (χ3v) is 5.43. The van der Waals surface area contributed by atoms with Crippen molar-refractivity contribution < 1.29 is 19.4 Å². The van der Waals surface area contributed by atoms with Gasteiger partial charge in [-0.3, -0.25) is 4.79 Å². The SMILES string of the molecule is O=C(O)C(CCc1ccc2ccccc2c1)N(Cc1ccccc1)[P+](=O)O. The molecule has 0 fully saturated rings. The minimum absolute atomic E-state index is 0.112. The summed E-state index contributed by atoms with van der Waals surface area (Å²) in [6.07, 6.45) is 0.762. The molecule has 138 valence electrons.